The highest BCUT2D eigenvalue weighted by molar-refractivity contribution is 7.89. The zero-order valence-corrected chi connectivity index (χ0v) is 14.1. The topological polar surface area (TPSA) is 75.7 Å². The molecule has 8 heteroatoms. The van der Waals surface area contributed by atoms with E-state index in [1.807, 2.05) is 7.05 Å². The summed E-state index contributed by atoms with van der Waals surface area (Å²) in [4.78, 5) is 11.7. The third-order valence-corrected chi connectivity index (χ3v) is 6.00. The van der Waals surface area contributed by atoms with Gasteiger partial charge in [0.25, 0.3) is 0 Å². The summed E-state index contributed by atoms with van der Waals surface area (Å²) >= 11 is 5.91. The molecule has 0 aliphatic carbocycles. The van der Waals surface area contributed by atoms with Crippen molar-refractivity contribution in [2.24, 2.45) is 0 Å². The van der Waals surface area contributed by atoms with Crippen LogP contribution in [0.15, 0.2) is 23.1 Å². The maximum atomic E-state index is 12.8. The maximum Gasteiger partial charge on any atom is 0.339 e. The van der Waals surface area contributed by atoms with Crippen LogP contribution in [0.25, 0.3) is 0 Å². The van der Waals surface area contributed by atoms with Gasteiger partial charge in [0.15, 0.2) is 0 Å². The van der Waals surface area contributed by atoms with E-state index < -0.39 is 16.0 Å². The van der Waals surface area contributed by atoms with E-state index in [1.54, 1.807) is 0 Å². The third kappa shape index (κ3) is 3.43. The average Bonchev–Trinajstić information content (AvgIpc) is 2.54. The van der Waals surface area contributed by atoms with Gasteiger partial charge in [-0.3, -0.25) is 0 Å². The van der Waals surface area contributed by atoms with Gasteiger partial charge in [0, 0.05) is 24.2 Å². The Bertz CT molecular complexity index is 655. The summed E-state index contributed by atoms with van der Waals surface area (Å²) in [6.07, 6.45) is 1.45. The van der Waals surface area contributed by atoms with Gasteiger partial charge < -0.3 is 10.1 Å². The fourth-order valence-corrected chi connectivity index (χ4v) is 4.42. The van der Waals surface area contributed by atoms with E-state index in [4.69, 9.17) is 11.6 Å². The van der Waals surface area contributed by atoms with Crippen LogP contribution in [-0.4, -0.2) is 52.0 Å². The van der Waals surface area contributed by atoms with Gasteiger partial charge in [0.1, 0.15) is 0 Å². The molecule has 1 aliphatic heterocycles. The first-order valence-electron chi connectivity index (χ1n) is 6.95. The molecule has 1 heterocycles. The van der Waals surface area contributed by atoms with E-state index in [0.717, 1.165) is 12.8 Å². The van der Waals surface area contributed by atoms with E-state index in [9.17, 15) is 13.2 Å². The second-order valence-corrected chi connectivity index (χ2v) is 7.44. The van der Waals surface area contributed by atoms with Crippen molar-refractivity contribution in [3.8, 4) is 0 Å². The smallest absolute Gasteiger partial charge is 0.339 e. The van der Waals surface area contributed by atoms with Crippen LogP contribution in [0.1, 0.15) is 23.2 Å². The molecular formula is C14H19ClN2O4S. The van der Waals surface area contributed by atoms with Gasteiger partial charge in [-0.15, -0.1) is 0 Å². The van der Waals surface area contributed by atoms with Crippen molar-refractivity contribution in [1.29, 1.82) is 0 Å². The number of benzene rings is 1. The predicted molar refractivity (Wildman–Crippen MR) is 83.6 cm³/mol. The molecule has 0 bridgehead atoms. The lowest BCUT2D eigenvalue weighted by atomic mass is 10.1. The lowest BCUT2D eigenvalue weighted by Gasteiger charge is -2.31. The van der Waals surface area contributed by atoms with E-state index in [1.165, 1.54) is 29.6 Å². The van der Waals surface area contributed by atoms with Gasteiger partial charge in [-0.25, -0.2) is 13.2 Å². The molecular weight excluding hydrogens is 328 g/mol. The second kappa shape index (κ2) is 6.95. The van der Waals surface area contributed by atoms with Crippen molar-refractivity contribution in [2.45, 2.75) is 23.8 Å². The van der Waals surface area contributed by atoms with Crippen LogP contribution in [0.2, 0.25) is 5.02 Å². The van der Waals surface area contributed by atoms with Crippen LogP contribution in [0.5, 0.6) is 0 Å². The molecule has 0 unspecified atom stereocenters. The Morgan fingerprint density at radius 3 is 2.55 bits per heavy atom. The molecule has 122 valence electrons. The fraction of sp³-hybridized carbons (Fsp3) is 0.500. The Morgan fingerprint density at radius 1 is 1.36 bits per heavy atom. The molecule has 0 amide bonds. The van der Waals surface area contributed by atoms with Gasteiger partial charge in [0.2, 0.25) is 10.0 Å². The largest absolute Gasteiger partial charge is 0.465 e. The molecule has 22 heavy (non-hydrogen) atoms. The number of piperidine rings is 1. The van der Waals surface area contributed by atoms with E-state index in [2.05, 4.69) is 10.1 Å². The summed E-state index contributed by atoms with van der Waals surface area (Å²) < 4.78 is 31.7. The molecule has 2 rings (SSSR count). The zero-order valence-electron chi connectivity index (χ0n) is 12.5. The molecule has 0 aromatic heterocycles. The first-order valence-corrected chi connectivity index (χ1v) is 8.77. The van der Waals surface area contributed by atoms with Crippen molar-refractivity contribution >= 4 is 27.6 Å². The van der Waals surface area contributed by atoms with Crippen molar-refractivity contribution in [1.82, 2.24) is 9.62 Å². The Labute approximate surface area is 135 Å². The number of halogens is 1. The lowest BCUT2D eigenvalue weighted by Crippen LogP contribution is -2.44. The van der Waals surface area contributed by atoms with Crippen molar-refractivity contribution in [2.75, 3.05) is 27.2 Å². The lowest BCUT2D eigenvalue weighted by molar-refractivity contribution is 0.0596. The average molecular weight is 347 g/mol. The molecule has 1 aliphatic rings. The van der Waals surface area contributed by atoms with E-state index in [-0.39, 0.29) is 15.5 Å². The molecule has 0 atom stereocenters. The Morgan fingerprint density at radius 2 is 2.00 bits per heavy atom. The minimum atomic E-state index is -3.78. The van der Waals surface area contributed by atoms with Gasteiger partial charge >= 0.3 is 5.97 Å². The second-order valence-electron chi connectivity index (χ2n) is 5.10. The highest BCUT2D eigenvalue weighted by Crippen LogP contribution is 2.27. The fourth-order valence-electron chi connectivity index (χ4n) is 2.51. The number of methoxy groups -OCH3 is 1. The van der Waals surface area contributed by atoms with Gasteiger partial charge in [-0.1, -0.05) is 11.6 Å². The summed E-state index contributed by atoms with van der Waals surface area (Å²) in [6.45, 7) is 0.807. The SMILES string of the molecule is CNC1CCN(S(=O)(=O)c2cc(Cl)ccc2C(=O)OC)CC1. The highest BCUT2D eigenvalue weighted by Gasteiger charge is 2.32. The van der Waals surface area contributed by atoms with Gasteiger partial charge in [-0.2, -0.15) is 4.31 Å². The number of nitrogens with zero attached hydrogens (tertiary/aromatic N) is 1. The quantitative estimate of drug-likeness (QED) is 0.836. The Balaban J connectivity index is 2.37. The Kier molecular flexibility index (Phi) is 5.44. The van der Waals surface area contributed by atoms with Crippen LogP contribution < -0.4 is 5.32 Å². The number of rotatable bonds is 4. The molecule has 0 saturated carbocycles. The zero-order chi connectivity index (χ0) is 16.3. The first-order chi connectivity index (χ1) is 10.4. The van der Waals surface area contributed by atoms with Crippen LogP contribution in [0, 0.1) is 0 Å². The summed E-state index contributed by atoms with van der Waals surface area (Å²) in [5, 5.41) is 3.41. The molecule has 0 radical (unpaired) electrons. The molecule has 0 spiro atoms. The van der Waals surface area contributed by atoms with Crippen LogP contribution in [0.3, 0.4) is 0 Å². The third-order valence-electron chi connectivity index (χ3n) is 3.83. The monoisotopic (exact) mass is 346 g/mol. The maximum absolute atomic E-state index is 12.8. The Hall–Kier alpha value is -1.15. The van der Waals surface area contributed by atoms with Crippen LogP contribution in [-0.2, 0) is 14.8 Å². The standard InChI is InChI=1S/C14H19ClN2O4S/c1-16-11-5-7-17(8-6-11)22(19,20)13-9-10(15)3-4-12(13)14(18)21-2/h3-4,9,11,16H,5-8H2,1-2H3. The number of hydrogen-bond acceptors (Lipinski definition) is 5. The normalized spacial score (nSPS) is 17.4. The molecule has 1 saturated heterocycles. The highest BCUT2D eigenvalue weighted by atomic mass is 35.5. The molecule has 1 N–H and O–H groups in total. The minimum Gasteiger partial charge on any atom is -0.465 e. The number of esters is 1. The van der Waals surface area contributed by atoms with Crippen LogP contribution in [0.4, 0.5) is 0 Å². The first kappa shape index (κ1) is 17.2. The summed E-state index contributed by atoms with van der Waals surface area (Å²) in [5.74, 6) is -0.694. The van der Waals surface area contributed by atoms with E-state index >= 15 is 0 Å². The van der Waals surface area contributed by atoms with Crippen molar-refractivity contribution in [3.05, 3.63) is 28.8 Å². The number of carbonyl (C=O) groups is 1. The molecule has 6 nitrogen and oxygen atoms in total. The summed E-state index contributed by atoms with van der Waals surface area (Å²) in [5.41, 5.74) is 0.00244. The van der Waals surface area contributed by atoms with Crippen LogP contribution >= 0.6 is 11.6 Å². The minimum absolute atomic E-state index is 0.00244. The number of ether oxygens (including phenoxy) is 1. The molecule has 1 fully saturated rings. The van der Waals surface area contributed by atoms with Gasteiger partial charge in [0.05, 0.1) is 17.6 Å². The van der Waals surface area contributed by atoms with Crippen molar-refractivity contribution < 1.29 is 17.9 Å². The summed E-state index contributed by atoms with van der Waals surface area (Å²) in [6, 6.07) is 4.46. The molecule has 1 aromatic carbocycles. The number of carbonyl (C=O) groups excluding carboxylic acids is 1. The van der Waals surface area contributed by atoms with E-state index in [0.29, 0.717) is 19.1 Å². The predicted octanol–water partition coefficient (Wildman–Crippen LogP) is 1.50. The molecule has 1 aromatic rings. The van der Waals surface area contributed by atoms with Gasteiger partial charge in [-0.05, 0) is 38.1 Å². The van der Waals surface area contributed by atoms with Crippen molar-refractivity contribution in [3.63, 3.8) is 0 Å². The number of sulfonamides is 1. The number of nitrogens with one attached hydrogen (secondary N) is 1. The number of hydrogen-bond donors (Lipinski definition) is 1. The summed E-state index contributed by atoms with van der Waals surface area (Å²) in [7, 11) is -0.705.